The van der Waals surface area contributed by atoms with Crippen molar-refractivity contribution < 1.29 is 23.0 Å². The van der Waals surface area contributed by atoms with Gasteiger partial charge in [-0.15, -0.1) is 0 Å². The second-order valence-corrected chi connectivity index (χ2v) is 14.9. The minimum absolute atomic E-state index is 0.196. The molecule has 6 heteroatoms. The van der Waals surface area contributed by atoms with Gasteiger partial charge in [-0.05, 0) is 87.9 Å². The Morgan fingerprint density at radius 2 is 1.39 bits per heavy atom. The molecular formula is C30H55NO4P+. The Hall–Kier alpha value is -0.190. The summed E-state index contributed by atoms with van der Waals surface area (Å²) in [5, 5.41) is 0. The molecule has 208 valence electrons. The number of unbranched alkanes of at least 4 members (excludes halogenated alkanes) is 8. The highest BCUT2D eigenvalue weighted by Gasteiger charge is 2.44. The molecule has 1 N–H and O–H groups in total. The molecule has 0 aromatic rings. The van der Waals surface area contributed by atoms with E-state index in [1.54, 1.807) is 6.42 Å². The zero-order valence-electron chi connectivity index (χ0n) is 23.5. The molecule has 1 unspecified atom stereocenters. The van der Waals surface area contributed by atoms with Gasteiger partial charge in [0, 0.05) is 6.42 Å². The van der Waals surface area contributed by atoms with Gasteiger partial charge in [0.1, 0.15) is 12.1 Å². The molecule has 5 rings (SSSR count). The number of likely N-dealkylation sites (N-methyl/N-ethyl adjacent to an activating group) is 1. The first-order valence-electron chi connectivity index (χ1n) is 15.4. The quantitative estimate of drug-likeness (QED) is 0.102. The van der Waals surface area contributed by atoms with Gasteiger partial charge >= 0.3 is 7.82 Å². The van der Waals surface area contributed by atoms with Gasteiger partial charge in [0.05, 0.1) is 27.7 Å². The van der Waals surface area contributed by atoms with Crippen molar-refractivity contribution in [3.05, 3.63) is 11.6 Å². The van der Waals surface area contributed by atoms with E-state index in [1.807, 2.05) is 5.57 Å². The molecule has 0 aromatic heterocycles. The van der Waals surface area contributed by atoms with Crippen LogP contribution in [0.5, 0.6) is 0 Å². The van der Waals surface area contributed by atoms with Crippen LogP contribution in [-0.4, -0.2) is 49.3 Å². The van der Waals surface area contributed by atoms with Gasteiger partial charge in [-0.25, -0.2) is 4.57 Å². The minimum Gasteiger partial charge on any atom is -0.326 e. The van der Waals surface area contributed by atoms with Crippen LogP contribution in [0.4, 0.5) is 0 Å². The van der Waals surface area contributed by atoms with Crippen molar-refractivity contribution >= 4 is 7.82 Å². The zero-order valence-corrected chi connectivity index (χ0v) is 24.4. The van der Waals surface area contributed by atoms with E-state index in [9.17, 15) is 9.46 Å². The van der Waals surface area contributed by atoms with Crippen molar-refractivity contribution in [2.45, 2.75) is 128 Å². The molecule has 0 heterocycles. The van der Waals surface area contributed by atoms with E-state index < -0.39 is 7.82 Å². The van der Waals surface area contributed by atoms with Crippen LogP contribution in [0.25, 0.3) is 0 Å². The number of phosphoric ester groups is 1. The second kappa shape index (κ2) is 13.2. The lowest BCUT2D eigenvalue weighted by Gasteiger charge is -2.51. The van der Waals surface area contributed by atoms with Gasteiger partial charge < -0.3 is 9.38 Å². The van der Waals surface area contributed by atoms with Gasteiger partial charge in [-0.3, -0.25) is 9.05 Å². The van der Waals surface area contributed by atoms with Crippen molar-refractivity contribution in [1.82, 2.24) is 0 Å². The number of phosphoric acid groups is 1. The Labute approximate surface area is 221 Å². The maximum Gasteiger partial charge on any atom is 0.472 e. The first-order chi connectivity index (χ1) is 17.2. The highest BCUT2D eigenvalue weighted by Crippen LogP contribution is 2.56. The van der Waals surface area contributed by atoms with E-state index >= 15 is 0 Å². The predicted molar refractivity (Wildman–Crippen MR) is 148 cm³/mol. The van der Waals surface area contributed by atoms with Gasteiger partial charge in [0.25, 0.3) is 0 Å². The molecule has 36 heavy (non-hydrogen) atoms. The van der Waals surface area contributed by atoms with Gasteiger partial charge in [-0.1, -0.05) is 56.6 Å². The highest BCUT2D eigenvalue weighted by molar-refractivity contribution is 7.47. The summed E-state index contributed by atoms with van der Waals surface area (Å²) in [7, 11) is 2.43. The summed E-state index contributed by atoms with van der Waals surface area (Å²) < 4.78 is 24.2. The molecule has 0 amide bonds. The van der Waals surface area contributed by atoms with Crippen molar-refractivity contribution in [3.8, 4) is 0 Å². The Bertz CT molecular complexity index is 731. The lowest BCUT2D eigenvalue weighted by atomic mass is 9.54. The van der Waals surface area contributed by atoms with Gasteiger partial charge in [0.2, 0.25) is 0 Å². The molecule has 5 aliphatic carbocycles. The third kappa shape index (κ3) is 8.40. The van der Waals surface area contributed by atoms with Crippen LogP contribution in [-0.2, 0) is 13.6 Å². The van der Waals surface area contributed by atoms with Crippen LogP contribution < -0.4 is 0 Å². The van der Waals surface area contributed by atoms with E-state index in [4.69, 9.17) is 9.05 Å². The molecule has 0 saturated heterocycles. The standard InChI is InChI=1S/C30H54NO4P/c1-31(2,3)29-16-12-13-17-30(29)35-36(32,33)34-18-14-10-8-6-4-5-7-9-11-15-28-26-20-24-19-25(22-26)23-27(28)21-24/h15,24-27,29-30H,4-14,16-23H2,1-3H3/p+1/t24?,25?,26?,27?,29-,30-/m0/s1. The molecule has 0 radical (unpaired) electrons. The van der Waals surface area contributed by atoms with Crippen LogP contribution in [0.2, 0.25) is 0 Å². The Morgan fingerprint density at radius 1 is 0.833 bits per heavy atom. The summed E-state index contributed by atoms with van der Waals surface area (Å²) >= 11 is 0. The summed E-state index contributed by atoms with van der Waals surface area (Å²) in [6.07, 6.45) is 25.1. The lowest BCUT2D eigenvalue weighted by molar-refractivity contribution is -0.900. The smallest absolute Gasteiger partial charge is 0.326 e. The van der Waals surface area contributed by atoms with Crippen molar-refractivity contribution in [3.63, 3.8) is 0 Å². The zero-order chi connectivity index (χ0) is 25.6. The average Bonchev–Trinajstić information content (AvgIpc) is 2.80. The Balaban J connectivity index is 0.988. The first kappa shape index (κ1) is 28.8. The number of rotatable bonds is 15. The molecular weight excluding hydrogens is 469 g/mol. The molecule has 5 fully saturated rings. The molecule has 5 saturated carbocycles. The average molecular weight is 525 g/mol. The van der Waals surface area contributed by atoms with E-state index in [0.29, 0.717) is 6.61 Å². The Kier molecular flexibility index (Phi) is 10.6. The Morgan fingerprint density at radius 3 is 2.00 bits per heavy atom. The topological polar surface area (TPSA) is 55.8 Å². The number of hydrogen-bond donors (Lipinski definition) is 1. The van der Waals surface area contributed by atoms with Crippen LogP contribution in [0, 0.1) is 23.7 Å². The maximum atomic E-state index is 12.5. The van der Waals surface area contributed by atoms with E-state index in [0.717, 1.165) is 66.7 Å². The molecule has 5 aliphatic rings. The highest BCUT2D eigenvalue weighted by atomic mass is 31.2. The molecule has 4 bridgehead atoms. The summed E-state index contributed by atoms with van der Waals surface area (Å²) in [5.74, 6) is 4.06. The number of hydrogen-bond acceptors (Lipinski definition) is 3. The third-order valence-corrected chi connectivity index (χ3v) is 10.8. The van der Waals surface area contributed by atoms with Crippen molar-refractivity contribution in [2.75, 3.05) is 27.7 Å². The van der Waals surface area contributed by atoms with Crippen LogP contribution in [0.15, 0.2) is 11.6 Å². The molecule has 0 spiro atoms. The fourth-order valence-corrected chi connectivity index (χ4v) is 9.11. The monoisotopic (exact) mass is 524 g/mol. The molecule has 5 nitrogen and oxygen atoms in total. The van der Waals surface area contributed by atoms with Crippen LogP contribution in [0.3, 0.4) is 0 Å². The molecule has 0 aliphatic heterocycles. The third-order valence-electron chi connectivity index (χ3n) is 9.75. The second-order valence-electron chi connectivity index (χ2n) is 13.5. The van der Waals surface area contributed by atoms with Crippen molar-refractivity contribution in [2.24, 2.45) is 23.7 Å². The lowest BCUT2D eigenvalue weighted by Crippen LogP contribution is -2.53. The number of quaternary nitrogens is 1. The van der Waals surface area contributed by atoms with Gasteiger partial charge in [0.15, 0.2) is 0 Å². The predicted octanol–water partition coefficient (Wildman–Crippen LogP) is 8.03. The van der Waals surface area contributed by atoms with E-state index in [1.165, 1.54) is 70.6 Å². The normalized spacial score (nSPS) is 33.6. The molecule has 3 atom stereocenters. The number of allylic oxidation sites excluding steroid dienone is 2. The first-order valence-corrected chi connectivity index (χ1v) is 16.9. The fourth-order valence-electron chi connectivity index (χ4n) is 8.11. The van der Waals surface area contributed by atoms with E-state index in [2.05, 4.69) is 27.2 Å². The van der Waals surface area contributed by atoms with Crippen LogP contribution in [0.1, 0.15) is 116 Å². The van der Waals surface area contributed by atoms with Crippen molar-refractivity contribution in [1.29, 1.82) is 0 Å². The number of nitrogens with zero attached hydrogens (tertiary/aromatic N) is 1. The SMILES string of the molecule is C[N+](C)(C)[C@H]1CCCC[C@@H]1OP(=O)(O)OCCCCCCCCCCC=C1C2CC3CC(C2)CC1C3. The van der Waals surface area contributed by atoms with E-state index in [-0.39, 0.29) is 12.1 Å². The summed E-state index contributed by atoms with van der Waals surface area (Å²) in [4.78, 5) is 10.2. The van der Waals surface area contributed by atoms with Crippen LogP contribution >= 0.6 is 7.82 Å². The summed E-state index contributed by atoms with van der Waals surface area (Å²) in [6, 6.07) is 0.247. The fraction of sp³-hybridized carbons (Fsp3) is 0.933. The molecule has 0 aromatic carbocycles. The largest absolute Gasteiger partial charge is 0.472 e. The minimum atomic E-state index is -3.98. The maximum absolute atomic E-state index is 12.5. The summed E-state index contributed by atoms with van der Waals surface area (Å²) in [6.45, 7) is 0.313. The summed E-state index contributed by atoms with van der Waals surface area (Å²) in [5.41, 5.74) is 1.87. The van der Waals surface area contributed by atoms with Gasteiger partial charge in [-0.2, -0.15) is 0 Å².